The maximum atomic E-state index is 13.1. The molecule has 1 saturated carbocycles. The van der Waals surface area contributed by atoms with Crippen LogP contribution in [0.3, 0.4) is 0 Å². The highest BCUT2D eigenvalue weighted by molar-refractivity contribution is 5.88. The molecule has 1 heterocycles. The van der Waals surface area contributed by atoms with Crippen molar-refractivity contribution in [2.24, 2.45) is 11.8 Å². The van der Waals surface area contributed by atoms with Crippen LogP contribution in [0.2, 0.25) is 0 Å². The van der Waals surface area contributed by atoms with Crippen LogP contribution in [0, 0.1) is 11.8 Å². The second-order valence-electron chi connectivity index (χ2n) is 6.64. The number of ether oxygens (including phenoxy) is 2. The molecule has 118 valence electrons. The van der Waals surface area contributed by atoms with Crippen LogP contribution in [0.25, 0.3) is 0 Å². The lowest BCUT2D eigenvalue weighted by Crippen LogP contribution is -2.46. The minimum Gasteiger partial charge on any atom is -0.431 e. The number of rotatable bonds is 2. The molecule has 0 spiro atoms. The van der Waals surface area contributed by atoms with Crippen molar-refractivity contribution in [1.82, 2.24) is 0 Å². The summed E-state index contributed by atoms with van der Waals surface area (Å²) in [6.07, 6.45) is 9.53. The summed E-state index contributed by atoms with van der Waals surface area (Å²) in [7, 11) is 1.63. The van der Waals surface area contributed by atoms with Gasteiger partial charge in [0, 0.05) is 13.0 Å². The molecule has 4 atom stereocenters. The van der Waals surface area contributed by atoms with E-state index in [-0.39, 0.29) is 17.8 Å². The molecule has 3 nitrogen and oxygen atoms in total. The molecular formula is C20H20O3. The van der Waals surface area contributed by atoms with E-state index in [1.54, 1.807) is 7.11 Å². The highest BCUT2D eigenvalue weighted by Crippen LogP contribution is 2.59. The Balaban J connectivity index is 2.00. The highest BCUT2D eigenvalue weighted by atomic mass is 16.7. The molecule has 1 saturated heterocycles. The zero-order chi connectivity index (χ0) is 16.1. The topological polar surface area (TPSA) is 35.5 Å². The predicted molar refractivity (Wildman–Crippen MR) is 87.6 cm³/mol. The Kier molecular flexibility index (Phi) is 3.10. The SMILES string of the molecule is C=C1CC2C=CC=CC3C2(OC)OC(=O)[C@]3(c2ccccc2)C1. The third-order valence-electron chi connectivity index (χ3n) is 5.50. The molecule has 3 heteroatoms. The summed E-state index contributed by atoms with van der Waals surface area (Å²) in [6, 6.07) is 9.91. The monoisotopic (exact) mass is 308 g/mol. The van der Waals surface area contributed by atoms with E-state index in [0.29, 0.717) is 6.42 Å². The summed E-state index contributed by atoms with van der Waals surface area (Å²) < 4.78 is 11.8. The van der Waals surface area contributed by atoms with Crippen LogP contribution in [0.5, 0.6) is 0 Å². The Bertz CT molecular complexity index is 718. The molecule has 4 bridgehead atoms. The minimum atomic E-state index is -0.949. The maximum Gasteiger partial charge on any atom is 0.320 e. The first kappa shape index (κ1) is 14.5. The van der Waals surface area contributed by atoms with Crippen molar-refractivity contribution in [3.8, 4) is 0 Å². The first-order valence-corrected chi connectivity index (χ1v) is 7.99. The van der Waals surface area contributed by atoms with Gasteiger partial charge in [-0.1, -0.05) is 66.8 Å². The zero-order valence-corrected chi connectivity index (χ0v) is 13.2. The van der Waals surface area contributed by atoms with Gasteiger partial charge in [0.2, 0.25) is 5.79 Å². The molecule has 0 N–H and O–H groups in total. The first-order valence-electron chi connectivity index (χ1n) is 7.99. The Morgan fingerprint density at radius 3 is 2.70 bits per heavy atom. The van der Waals surface area contributed by atoms with Gasteiger partial charge < -0.3 is 9.47 Å². The molecule has 0 aromatic heterocycles. The van der Waals surface area contributed by atoms with Crippen LogP contribution in [0.15, 0.2) is 66.8 Å². The van der Waals surface area contributed by atoms with Crippen LogP contribution in [0.1, 0.15) is 18.4 Å². The number of allylic oxidation sites excluding steroid dienone is 3. The summed E-state index contributed by atoms with van der Waals surface area (Å²) in [5.41, 5.74) is 1.28. The van der Waals surface area contributed by atoms with E-state index in [2.05, 4.69) is 18.7 Å². The van der Waals surface area contributed by atoms with E-state index >= 15 is 0 Å². The number of carbonyl (C=O) groups is 1. The van der Waals surface area contributed by atoms with Gasteiger partial charge in [0.15, 0.2) is 0 Å². The fraction of sp³-hybridized carbons (Fsp3) is 0.350. The molecule has 4 rings (SSSR count). The fourth-order valence-electron chi connectivity index (χ4n) is 4.51. The second kappa shape index (κ2) is 4.93. The average molecular weight is 308 g/mol. The van der Waals surface area contributed by atoms with Crippen molar-refractivity contribution in [2.45, 2.75) is 24.0 Å². The number of hydrogen-bond donors (Lipinski definition) is 0. The van der Waals surface area contributed by atoms with Gasteiger partial charge in [-0.25, -0.2) is 0 Å². The normalized spacial score (nSPS) is 38.1. The second-order valence-corrected chi connectivity index (χ2v) is 6.64. The van der Waals surface area contributed by atoms with Gasteiger partial charge in [-0.15, -0.1) is 0 Å². The maximum absolute atomic E-state index is 13.1. The quantitative estimate of drug-likeness (QED) is 0.619. The van der Waals surface area contributed by atoms with E-state index in [0.717, 1.165) is 17.6 Å². The Labute approximate surface area is 136 Å². The van der Waals surface area contributed by atoms with Crippen LogP contribution in [-0.2, 0) is 19.7 Å². The van der Waals surface area contributed by atoms with Crippen molar-refractivity contribution < 1.29 is 14.3 Å². The van der Waals surface area contributed by atoms with Crippen LogP contribution in [-0.4, -0.2) is 18.9 Å². The summed E-state index contributed by atoms with van der Waals surface area (Å²) in [5.74, 6) is -1.34. The van der Waals surface area contributed by atoms with E-state index < -0.39 is 11.2 Å². The highest BCUT2D eigenvalue weighted by Gasteiger charge is 2.69. The lowest BCUT2D eigenvalue weighted by atomic mass is 9.66. The lowest BCUT2D eigenvalue weighted by Gasteiger charge is -2.36. The molecule has 3 unspecified atom stereocenters. The van der Waals surface area contributed by atoms with E-state index in [1.807, 2.05) is 42.5 Å². The van der Waals surface area contributed by atoms with Crippen LogP contribution >= 0.6 is 0 Å². The largest absolute Gasteiger partial charge is 0.431 e. The van der Waals surface area contributed by atoms with Crippen molar-refractivity contribution in [3.63, 3.8) is 0 Å². The molecule has 0 radical (unpaired) electrons. The summed E-state index contributed by atoms with van der Waals surface area (Å²) in [6.45, 7) is 4.23. The molecule has 1 aromatic carbocycles. The smallest absolute Gasteiger partial charge is 0.320 e. The van der Waals surface area contributed by atoms with Crippen molar-refractivity contribution in [1.29, 1.82) is 0 Å². The number of benzene rings is 1. The molecule has 0 amide bonds. The van der Waals surface area contributed by atoms with Crippen molar-refractivity contribution in [2.75, 3.05) is 7.11 Å². The van der Waals surface area contributed by atoms with Crippen molar-refractivity contribution in [3.05, 3.63) is 72.4 Å². The summed E-state index contributed by atoms with van der Waals surface area (Å²) in [4.78, 5) is 13.1. The number of carbonyl (C=O) groups excluding carboxylic acids is 1. The molecule has 23 heavy (non-hydrogen) atoms. The number of hydrogen-bond acceptors (Lipinski definition) is 3. The van der Waals surface area contributed by atoms with E-state index in [9.17, 15) is 4.79 Å². The molecule has 1 aromatic rings. The first-order chi connectivity index (χ1) is 11.1. The molecule has 2 fully saturated rings. The molecule has 3 aliphatic rings. The van der Waals surface area contributed by atoms with Gasteiger partial charge in [-0.3, -0.25) is 4.79 Å². The van der Waals surface area contributed by atoms with Crippen LogP contribution in [0.4, 0.5) is 0 Å². The Morgan fingerprint density at radius 1 is 1.22 bits per heavy atom. The molecule has 1 aliphatic heterocycles. The predicted octanol–water partition coefficient (Wildman–Crippen LogP) is 3.53. The van der Waals surface area contributed by atoms with Gasteiger partial charge in [0.1, 0.15) is 5.41 Å². The Morgan fingerprint density at radius 2 is 1.96 bits per heavy atom. The molecule has 2 aliphatic carbocycles. The van der Waals surface area contributed by atoms with E-state index in [4.69, 9.17) is 9.47 Å². The van der Waals surface area contributed by atoms with E-state index in [1.165, 1.54) is 0 Å². The summed E-state index contributed by atoms with van der Waals surface area (Å²) >= 11 is 0. The molecular weight excluding hydrogens is 288 g/mol. The Hall–Kier alpha value is -2.13. The summed E-state index contributed by atoms with van der Waals surface area (Å²) in [5, 5.41) is 0. The fourth-order valence-corrected chi connectivity index (χ4v) is 4.51. The van der Waals surface area contributed by atoms with Gasteiger partial charge in [0.05, 0.1) is 5.92 Å². The average Bonchev–Trinajstić information content (AvgIpc) is 2.67. The third-order valence-corrected chi connectivity index (χ3v) is 5.50. The van der Waals surface area contributed by atoms with Gasteiger partial charge in [-0.2, -0.15) is 0 Å². The van der Waals surface area contributed by atoms with Gasteiger partial charge in [0.25, 0.3) is 0 Å². The van der Waals surface area contributed by atoms with Crippen LogP contribution < -0.4 is 0 Å². The third kappa shape index (κ3) is 1.77. The number of esters is 1. The van der Waals surface area contributed by atoms with Gasteiger partial charge in [-0.05, 0) is 18.4 Å². The lowest BCUT2D eigenvalue weighted by molar-refractivity contribution is -0.228. The standard InChI is InChI=1S/C20H20O3/c1-14-12-16-10-6-7-11-17-19(13-14,15-8-4-3-5-9-15)18(21)23-20(16,17)22-2/h3-11,16-17H,1,12-13H2,2H3/t16?,17?,19-,20?/m0/s1. The number of methoxy groups -OCH3 is 1. The minimum absolute atomic E-state index is 0.0166. The van der Waals surface area contributed by atoms with Crippen molar-refractivity contribution >= 4 is 5.97 Å². The van der Waals surface area contributed by atoms with Gasteiger partial charge >= 0.3 is 5.97 Å². The zero-order valence-electron chi connectivity index (χ0n) is 13.2.